The summed E-state index contributed by atoms with van der Waals surface area (Å²) < 4.78 is 22.2. The summed E-state index contributed by atoms with van der Waals surface area (Å²) in [6, 6.07) is 7.24. The fourth-order valence-corrected chi connectivity index (χ4v) is 3.61. The highest BCUT2D eigenvalue weighted by Crippen LogP contribution is 2.52. The van der Waals surface area contributed by atoms with Gasteiger partial charge in [0.1, 0.15) is 6.10 Å². The molecule has 152 valence electrons. The van der Waals surface area contributed by atoms with Crippen molar-refractivity contribution in [2.75, 3.05) is 34.5 Å². The van der Waals surface area contributed by atoms with Gasteiger partial charge in [-0.1, -0.05) is 6.07 Å². The summed E-state index contributed by atoms with van der Waals surface area (Å²) in [7, 11) is 4.49. The van der Waals surface area contributed by atoms with Crippen molar-refractivity contribution in [3.63, 3.8) is 0 Å². The van der Waals surface area contributed by atoms with Crippen LogP contribution in [-0.4, -0.2) is 49.9 Å². The van der Waals surface area contributed by atoms with Gasteiger partial charge in [-0.15, -0.1) is 0 Å². The zero-order valence-electron chi connectivity index (χ0n) is 16.3. The zero-order valence-corrected chi connectivity index (χ0v) is 16.3. The van der Waals surface area contributed by atoms with Gasteiger partial charge >= 0.3 is 0 Å². The van der Waals surface area contributed by atoms with E-state index in [2.05, 4.69) is 0 Å². The van der Waals surface area contributed by atoms with Gasteiger partial charge in [-0.3, -0.25) is 0 Å². The van der Waals surface area contributed by atoms with E-state index in [1.165, 1.54) is 14.2 Å². The summed E-state index contributed by atoms with van der Waals surface area (Å²) in [5, 5.41) is 29.4. The smallest absolute Gasteiger partial charge is 0.200 e. The van der Waals surface area contributed by atoms with E-state index in [1.807, 2.05) is 12.1 Å². The summed E-state index contributed by atoms with van der Waals surface area (Å²) in [6.45, 7) is -0.0230. The minimum absolute atomic E-state index is 0.0892. The lowest BCUT2D eigenvalue weighted by Crippen LogP contribution is -2.13. The first kappa shape index (κ1) is 20.1. The lowest BCUT2D eigenvalue weighted by molar-refractivity contribution is 0.156. The van der Waals surface area contributed by atoms with Gasteiger partial charge < -0.3 is 34.3 Å². The molecule has 3 N–H and O–H groups in total. The molecule has 0 bridgehead atoms. The van der Waals surface area contributed by atoms with Crippen LogP contribution in [0.2, 0.25) is 0 Å². The molecule has 1 heterocycles. The average molecular weight is 390 g/mol. The summed E-state index contributed by atoms with van der Waals surface area (Å²) >= 11 is 0. The second-order valence-electron chi connectivity index (χ2n) is 6.65. The highest BCUT2D eigenvalue weighted by molar-refractivity contribution is 5.58. The van der Waals surface area contributed by atoms with Gasteiger partial charge in [-0.2, -0.15) is 0 Å². The second kappa shape index (κ2) is 8.58. The number of methoxy groups -OCH3 is 3. The molecule has 0 fully saturated rings. The molecule has 2 atom stereocenters. The lowest BCUT2D eigenvalue weighted by Gasteiger charge is -2.20. The predicted octanol–water partition coefficient (Wildman–Crippen LogP) is 2.55. The fourth-order valence-electron chi connectivity index (χ4n) is 3.61. The van der Waals surface area contributed by atoms with Crippen LogP contribution in [0.5, 0.6) is 28.7 Å². The number of aromatic hydroxyl groups is 1. The van der Waals surface area contributed by atoms with E-state index >= 15 is 0 Å². The summed E-state index contributed by atoms with van der Waals surface area (Å²) in [5.74, 6) is 1.29. The van der Waals surface area contributed by atoms with Crippen LogP contribution < -0.4 is 18.9 Å². The van der Waals surface area contributed by atoms with Gasteiger partial charge in [0.15, 0.2) is 23.0 Å². The van der Waals surface area contributed by atoms with E-state index < -0.39 is 6.10 Å². The maximum Gasteiger partial charge on any atom is 0.200 e. The van der Waals surface area contributed by atoms with Crippen LogP contribution in [0.15, 0.2) is 24.3 Å². The Labute approximate surface area is 164 Å². The van der Waals surface area contributed by atoms with Crippen LogP contribution in [0.25, 0.3) is 0 Å². The third-order valence-electron chi connectivity index (χ3n) is 5.02. The van der Waals surface area contributed by atoms with Crippen LogP contribution in [0.1, 0.15) is 35.1 Å². The second-order valence-corrected chi connectivity index (χ2v) is 6.65. The topological polar surface area (TPSA) is 97.6 Å². The minimum atomic E-state index is -0.495. The molecule has 7 heteroatoms. The number of aliphatic hydroxyl groups excluding tert-OH is 2. The third kappa shape index (κ3) is 3.55. The van der Waals surface area contributed by atoms with Gasteiger partial charge in [0.25, 0.3) is 0 Å². The molecule has 0 radical (unpaired) electrons. The van der Waals surface area contributed by atoms with Crippen molar-refractivity contribution < 1.29 is 34.3 Å². The number of benzene rings is 2. The fraction of sp³-hybridized carbons (Fsp3) is 0.429. The molecule has 1 aliphatic heterocycles. The van der Waals surface area contributed by atoms with Crippen LogP contribution in [0.4, 0.5) is 0 Å². The normalized spacial score (nSPS) is 17.8. The predicted molar refractivity (Wildman–Crippen MR) is 103 cm³/mol. The number of aliphatic hydroxyl groups is 2. The van der Waals surface area contributed by atoms with Gasteiger partial charge in [0, 0.05) is 17.7 Å². The first-order valence-corrected chi connectivity index (χ1v) is 9.11. The van der Waals surface area contributed by atoms with E-state index in [9.17, 15) is 10.2 Å². The van der Waals surface area contributed by atoms with Crippen LogP contribution in [-0.2, 0) is 6.42 Å². The molecule has 0 aromatic heterocycles. The van der Waals surface area contributed by atoms with Gasteiger partial charge in [0.05, 0.1) is 33.9 Å². The Bertz CT molecular complexity index is 809. The van der Waals surface area contributed by atoms with E-state index in [0.29, 0.717) is 29.9 Å². The van der Waals surface area contributed by atoms with Crippen molar-refractivity contribution in [3.8, 4) is 28.7 Å². The summed E-state index contributed by atoms with van der Waals surface area (Å²) in [6.07, 6.45) is 0.844. The Balaban J connectivity index is 2.05. The first-order chi connectivity index (χ1) is 13.6. The SMILES string of the molecule is COc1cc([C@H]2Oc3c(OC)cc(CCCO)cc3C2CO)cc(OC)c1O. The molecule has 1 aliphatic rings. The maximum absolute atomic E-state index is 10.2. The van der Waals surface area contributed by atoms with Gasteiger partial charge in [-0.25, -0.2) is 0 Å². The van der Waals surface area contributed by atoms with Crippen LogP contribution in [0.3, 0.4) is 0 Å². The standard InChI is InChI=1S/C21H26O7/c1-25-16-9-13(10-17(26-2)19(16)24)20-15(11-23)14-7-12(5-4-6-22)8-18(27-3)21(14)28-20/h7-10,15,20,22-24H,4-6,11H2,1-3H3/t15?,20-/m1/s1. The highest BCUT2D eigenvalue weighted by Gasteiger charge is 2.38. The Morgan fingerprint density at radius 1 is 0.929 bits per heavy atom. The first-order valence-electron chi connectivity index (χ1n) is 9.11. The van der Waals surface area contributed by atoms with Gasteiger partial charge in [-0.05, 0) is 36.6 Å². The number of phenolic OH excluding ortho intramolecular Hbond substituents is 1. The zero-order chi connectivity index (χ0) is 20.3. The largest absolute Gasteiger partial charge is 0.502 e. The number of aryl methyl sites for hydroxylation is 1. The van der Waals surface area contributed by atoms with Crippen LogP contribution in [0, 0.1) is 0 Å². The molecule has 7 nitrogen and oxygen atoms in total. The van der Waals surface area contributed by atoms with E-state index in [-0.39, 0.29) is 36.4 Å². The molecule has 0 aliphatic carbocycles. The Morgan fingerprint density at radius 2 is 1.57 bits per heavy atom. The van der Waals surface area contributed by atoms with Crippen LogP contribution >= 0.6 is 0 Å². The third-order valence-corrected chi connectivity index (χ3v) is 5.02. The molecule has 0 amide bonds. The number of phenols is 1. The maximum atomic E-state index is 10.2. The molecule has 0 saturated heterocycles. The molecule has 2 aromatic carbocycles. The van der Waals surface area contributed by atoms with Crippen molar-refractivity contribution in [2.45, 2.75) is 24.9 Å². The summed E-state index contributed by atoms with van der Waals surface area (Å²) in [4.78, 5) is 0. The Morgan fingerprint density at radius 3 is 2.11 bits per heavy atom. The molecule has 28 heavy (non-hydrogen) atoms. The number of rotatable bonds is 8. The molecular weight excluding hydrogens is 364 g/mol. The molecule has 0 saturated carbocycles. The summed E-state index contributed by atoms with van der Waals surface area (Å²) in [5.41, 5.74) is 2.57. The lowest BCUT2D eigenvalue weighted by atomic mass is 9.90. The van der Waals surface area contributed by atoms with Crippen molar-refractivity contribution in [2.24, 2.45) is 0 Å². The number of hydrogen-bond donors (Lipinski definition) is 3. The van der Waals surface area contributed by atoms with E-state index in [4.69, 9.17) is 24.1 Å². The molecular formula is C21H26O7. The monoisotopic (exact) mass is 390 g/mol. The molecule has 2 aromatic rings. The Kier molecular flexibility index (Phi) is 6.16. The average Bonchev–Trinajstić information content (AvgIpc) is 3.10. The molecule has 0 spiro atoms. The Hall–Kier alpha value is -2.64. The number of fused-ring (bicyclic) bond motifs is 1. The minimum Gasteiger partial charge on any atom is -0.502 e. The van der Waals surface area contributed by atoms with Crippen molar-refractivity contribution in [1.29, 1.82) is 0 Å². The van der Waals surface area contributed by atoms with E-state index in [1.54, 1.807) is 19.2 Å². The van der Waals surface area contributed by atoms with E-state index in [0.717, 1.165) is 11.1 Å². The van der Waals surface area contributed by atoms with Gasteiger partial charge in [0.2, 0.25) is 5.75 Å². The molecule has 3 rings (SSSR count). The number of hydrogen-bond acceptors (Lipinski definition) is 7. The molecule has 1 unspecified atom stereocenters. The highest BCUT2D eigenvalue weighted by atomic mass is 16.5. The van der Waals surface area contributed by atoms with Crippen molar-refractivity contribution in [1.82, 2.24) is 0 Å². The van der Waals surface area contributed by atoms with Crippen molar-refractivity contribution in [3.05, 3.63) is 41.0 Å². The van der Waals surface area contributed by atoms with Crippen molar-refractivity contribution >= 4 is 0 Å². The number of ether oxygens (including phenoxy) is 4. The quantitative estimate of drug-likeness (QED) is 0.637.